The molecule has 2 aliphatic rings. The molecule has 0 bridgehead atoms. The molecule has 30 heavy (non-hydrogen) atoms. The van der Waals surface area contributed by atoms with Gasteiger partial charge in [0.05, 0.1) is 0 Å². The van der Waals surface area contributed by atoms with Gasteiger partial charge in [-0.25, -0.2) is 0 Å². The fourth-order valence-electron chi connectivity index (χ4n) is 4.78. The van der Waals surface area contributed by atoms with Crippen LogP contribution in [0.4, 0.5) is 0 Å². The van der Waals surface area contributed by atoms with Gasteiger partial charge in [-0.3, -0.25) is 0 Å². The average Bonchev–Trinajstić information content (AvgIpc) is 3.30. The summed E-state index contributed by atoms with van der Waals surface area (Å²) < 4.78 is 12.5. The van der Waals surface area contributed by atoms with E-state index in [9.17, 15) is 0 Å². The topological polar surface area (TPSA) is 47.7 Å². The SMILES string of the molecule is CSc1ccc(-c2ccccc2C2(C3CCN(C(C)CCN)CC3)OC=CO2)cc1. The molecule has 160 valence electrons. The second-order valence-electron chi connectivity index (χ2n) is 8.19. The van der Waals surface area contributed by atoms with Crippen LogP contribution >= 0.6 is 11.8 Å². The number of benzene rings is 2. The van der Waals surface area contributed by atoms with E-state index >= 15 is 0 Å². The maximum atomic E-state index is 6.27. The Hall–Kier alpha value is -1.95. The summed E-state index contributed by atoms with van der Waals surface area (Å²) in [5.74, 6) is -0.460. The van der Waals surface area contributed by atoms with Crippen molar-refractivity contribution in [3.63, 3.8) is 0 Å². The highest BCUT2D eigenvalue weighted by Gasteiger charge is 2.48. The number of likely N-dealkylation sites (tertiary alicyclic amines) is 1. The Morgan fingerprint density at radius 3 is 2.37 bits per heavy atom. The van der Waals surface area contributed by atoms with Crippen LogP contribution in [-0.4, -0.2) is 36.8 Å². The molecular formula is C25H32N2O2S. The van der Waals surface area contributed by atoms with Gasteiger partial charge in [0.2, 0.25) is 0 Å². The maximum Gasteiger partial charge on any atom is 0.280 e. The molecule has 0 amide bonds. The molecule has 2 aromatic rings. The Kier molecular flexibility index (Phi) is 6.71. The van der Waals surface area contributed by atoms with Gasteiger partial charge in [0, 0.05) is 22.4 Å². The summed E-state index contributed by atoms with van der Waals surface area (Å²) in [6.07, 6.45) is 8.63. The first-order chi connectivity index (χ1) is 14.7. The Morgan fingerprint density at radius 1 is 1.07 bits per heavy atom. The van der Waals surface area contributed by atoms with Crippen molar-refractivity contribution in [3.05, 3.63) is 66.6 Å². The van der Waals surface area contributed by atoms with E-state index in [4.69, 9.17) is 15.2 Å². The molecule has 2 heterocycles. The lowest BCUT2D eigenvalue weighted by atomic mass is 9.81. The van der Waals surface area contributed by atoms with Crippen LogP contribution in [-0.2, 0) is 15.3 Å². The van der Waals surface area contributed by atoms with E-state index in [0.29, 0.717) is 12.0 Å². The van der Waals surface area contributed by atoms with Crippen LogP contribution in [0.2, 0.25) is 0 Å². The van der Waals surface area contributed by atoms with Crippen LogP contribution in [0.15, 0.2) is 66.0 Å². The second kappa shape index (κ2) is 9.46. The van der Waals surface area contributed by atoms with E-state index in [1.807, 2.05) is 0 Å². The maximum absolute atomic E-state index is 6.27. The van der Waals surface area contributed by atoms with Crippen LogP contribution in [0.3, 0.4) is 0 Å². The molecule has 2 N–H and O–H groups in total. The lowest BCUT2D eigenvalue weighted by Gasteiger charge is -2.43. The molecule has 1 unspecified atom stereocenters. The van der Waals surface area contributed by atoms with E-state index in [-0.39, 0.29) is 0 Å². The number of piperidine rings is 1. The minimum Gasteiger partial charge on any atom is -0.452 e. The van der Waals surface area contributed by atoms with E-state index in [0.717, 1.165) is 44.5 Å². The number of thioether (sulfide) groups is 1. The Bertz CT molecular complexity index is 852. The number of hydrogen-bond donors (Lipinski definition) is 1. The van der Waals surface area contributed by atoms with Gasteiger partial charge >= 0.3 is 0 Å². The third-order valence-corrected chi connectivity index (χ3v) is 7.26. The van der Waals surface area contributed by atoms with Crippen molar-refractivity contribution < 1.29 is 9.47 Å². The summed E-state index contributed by atoms with van der Waals surface area (Å²) in [5, 5.41) is 0. The van der Waals surface area contributed by atoms with Crippen LogP contribution in [0.5, 0.6) is 0 Å². The molecule has 5 heteroatoms. The first kappa shape index (κ1) is 21.3. The summed E-state index contributed by atoms with van der Waals surface area (Å²) in [4.78, 5) is 3.81. The minimum absolute atomic E-state index is 0.292. The molecule has 4 rings (SSSR count). The van der Waals surface area contributed by atoms with Gasteiger partial charge in [-0.1, -0.05) is 36.4 Å². The van der Waals surface area contributed by atoms with Crippen LogP contribution in [0.25, 0.3) is 11.1 Å². The van der Waals surface area contributed by atoms with Gasteiger partial charge < -0.3 is 20.1 Å². The molecular weight excluding hydrogens is 392 g/mol. The van der Waals surface area contributed by atoms with Crippen molar-refractivity contribution in [2.24, 2.45) is 11.7 Å². The van der Waals surface area contributed by atoms with Crippen molar-refractivity contribution in [1.29, 1.82) is 0 Å². The predicted molar refractivity (Wildman–Crippen MR) is 124 cm³/mol. The fraction of sp³-hybridized carbons (Fsp3) is 0.440. The molecule has 1 saturated heterocycles. The molecule has 2 aliphatic heterocycles. The molecule has 2 aromatic carbocycles. The average molecular weight is 425 g/mol. The van der Waals surface area contributed by atoms with Gasteiger partial charge in [0.15, 0.2) is 0 Å². The largest absolute Gasteiger partial charge is 0.452 e. The van der Waals surface area contributed by atoms with Crippen LogP contribution in [0.1, 0.15) is 31.7 Å². The first-order valence-corrected chi connectivity index (χ1v) is 12.1. The Balaban J connectivity index is 1.62. The lowest BCUT2D eigenvalue weighted by molar-refractivity contribution is -0.201. The molecule has 0 radical (unpaired) electrons. The molecule has 0 aliphatic carbocycles. The lowest BCUT2D eigenvalue weighted by Crippen LogP contribution is -2.47. The second-order valence-corrected chi connectivity index (χ2v) is 9.07. The Labute approximate surface area is 184 Å². The zero-order valence-corrected chi connectivity index (χ0v) is 18.7. The van der Waals surface area contributed by atoms with Gasteiger partial charge in [-0.05, 0) is 75.3 Å². The van der Waals surface area contributed by atoms with Crippen molar-refractivity contribution in [1.82, 2.24) is 4.90 Å². The van der Waals surface area contributed by atoms with Gasteiger partial charge in [0.25, 0.3) is 5.79 Å². The quantitative estimate of drug-likeness (QED) is 0.620. The normalized spacial score (nSPS) is 20.0. The summed E-state index contributed by atoms with van der Waals surface area (Å²) in [6, 6.07) is 17.8. The van der Waals surface area contributed by atoms with E-state index in [2.05, 4.69) is 66.6 Å². The molecule has 0 spiro atoms. The molecule has 1 fully saturated rings. The standard InChI is InChI=1S/C25H32N2O2S/c1-19(11-14-26)27-15-12-21(13-16-27)25(28-17-18-29-25)24-6-4-3-5-23(24)20-7-9-22(30-2)10-8-20/h3-10,17-19,21H,11-16,26H2,1-2H3. The van der Waals surface area contributed by atoms with Gasteiger partial charge in [-0.2, -0.15) is 0 Å². The number of rotatable bonds is 7. The number of nitrogens with two attached hydrogens (primary N) is 1. The Morgan fingerprint density at radius 2 is 1.73 bits per heavy atom. The monoisotopic (exact) mass is 424 g/mol. The van der Waals surface area contributed by atoms with Gasteiger partial charge in [-0.15, -0.1) is 11.8 Å². The highest BCUT2D eigenvalue weighted by Crippen LogP contribution is 2.47. The highest BCUT2D eigenvalue weighted by molar-refractivity contribution is 7.98. The van der Waals surface area contributed by atoms with Crippen molar-refractivity contribution in [3.8, 4) is 11.1 Å². The minimum atomic E-state index is -0.752. The van der Waals surface area contributed by atoms with Crippen molar-refractivity contribution in [2.75, 3.05) is 25.9 Å². The number of ether oxygens (including phenoxy) is 2. The van der Waals surface area contributed by atoms with E-state index in [1.54, 1.807) is 24.3 Å². The fourth-order valence-corrected chi connectivity index (χ4v) is 5.19. The molecule has 0 aromatic heterocycles. The highest BCUT2D eigenvalue weighted by atomic mass is 32.2. The summed E-state index contributed by atoms with van der Waals surface area (Å²) in [6.45, 7) is 5.11. The molecule has 1 atom stereocenters. The zero-order valence-electron chi connectivity index (χ0n) is 17.9. The summed E-state index contributed by atoms with van der Waals surface area (Å²) in [7, 11) is 0. The molecule has 4 nitrogen and oxygen atoms in total. The number of nitrogens with zero attached hydrogens (tertiary/aromatic N) is 1. The van der Waals surface area contributed by atoms with E-state index in [1.165, 1.54) is 16.0 Å². The summed E-state index contributed by atoms with van der Waals surface area (Å²) in [5.41, 5.74) is 9.25. The third kappa shape index (κ3) is 4.11. The van der Waals surface area contributed by atoms with Gasteiger partial charge in [0.1, 0.15) is 12.5 Å². The van der Waals surface area contributed by atoms with Crippen molar-refractivity contribution in [2.45, 2.75) is 42.9 Å². The van der Waals surface area contributed by atoms with Crippen molar-refractivity contribution >= 4 is 11.8 Å². The summed E-state index contributed by atoms with van der Waals surface area (Å²) >= 11 is 1.76. The van der Waals surface area contributed by atoms with E-state index < -0.39 is 5.79 Å². The predicted octanol–water partition coefficient (Wildman–Crippen LogP) is 5.20. The number of hydrogen-bond acceptors (Lipinski definition) is 5. The van der Waals surface area contributed by atoms with Crippen LogP contribution in [0, 0.1) is 5.92 Å². The third-order valence-electron chi connectivity index (χ3n) is 6.52. The van der Waals surface area contributed by atoms with Crippen LogP contribution < -0.4 is 5.73 Å². The molecule has 0 saturated carbocycles. The zero-order chi connectivity index (χ0) is 21.0. The first-order valence-electron chi connectivity index (χ1n) is 10.9. The smallest absolute Gasteiger partial charge is 0.280 e.